The number of benzene rings is 1. The molecule has 0 unspecified atom stereocenters. The summed E-state index contributed by atoms with van der Waals surface area (Å²) in [7, 11) is -2.17. The second kappa shape index (κ2) is 5.29. The van der Waals surface area contributed by atoms with E-state index in [0.717, 1.165) is 6.07 Å². The highest BCUT2D eigenvalue weighted by Crippen LogP contribution is 2.36. The van der Waals surface area contributed by atoms with Gasteiger partial charge < -0.3 is 14.8 Å². The average molecular weight is 288 g/mol. The summed E-state index contributed by atoms with van der Waals surface area (Å²) in [5.41, 5.74) is -2.02. The van der Waals surface area contributed by atoms with Crippen LogP contribution in [0.3, 0.4) is 0 Å². The van der Waals surface area contributed by atoms with Gasteiger partial charge in [0.25, 0.3) is 0 Å². The van der Waals surface area contributed by atoms with Crippen LogP contribution in [0, 0.1) is 0 Å². The van der Waals surface area contributed by atoms with Gasteiger partial charge in [0.1, 0.15) is 5.75 Å². The van der Waals surface area contributed by atoms with Crippen LogP contribution < -0.4 is 10.2 Å². The highest BCUT2D eigenvalue weighted by atomic mass is 19.4. The summed E-state index contributed by atoms with van der Waals surface area (Å²) in [6, 6.07) is 1.74. The first-order valence-corrected chi connectivity index (χ1v) is 4.77. The fraction of sp³-hybridized carbons (Fsp3) is 0.333. The maximum Gasteiger partial charge on any atom is 0.488 e. The molecule has 2 N–H and O–H groups in total. The summed E-state index contributed by atoms with van der Waals surface area (Å²) in [6.07, 6.45) is -9.76. The largest absolute Gasteiger partial charge is 0.488 e. The lowest BCUT2D eigenvalue weighted by Crippen LogP contribution is -2.31. The second-order valence-electron chi connectivity index (χ2n) is 3.53. The second-order valence-corrected chi connectivity index (χ2v) is 3.53. The predicted octanol–water partition coefficient (Wildman–Crippen LogP) is 1.33. The minimum Gasteiger partial charge on any atom is -0.483 e. The molecule has 0 spiro atoms. The van der Waals surface area contributed by atoms with Gasteiger partial charge in [0.15, 0.2) is 6.61 Å². The molecule has 0 aliphatic carbocycles. The Morgan fingerprint density at radius 1 is 1.05 bits per heavy atom. The van der Waals surface area contributed by atoms with Gasteiger partial charge in [-0.1, -0.05) is 6.07 Å². The maximum atomic E-state index is 12.6. The van der Waals surface area contributed by atoms with Crippen LogP contribution in [0.1, 0.15) is 5.56 Å². The number of ether oxygens (including phenoxy) is 1. The van der Waals surface area contributed by atoms with Gasteiger partial charge in [0.05, 0.1) is 5.56 Å². The number of hydrogen-bond acceptors (Lipinski definition) is 3. The highest BCUT2D eigenvalue weighted by Gasteiger charge is 2.37. The molecule has 106 valence electrons. The van der Waals surface area contributed by atoms with Crippen LogP contribution in [0.4, 0.5) is 26.3 Å². The third-order valence-electron chi connectivity index (χ3n) is 2.00. The highest BCUT2D eigenvalue weighted by molar-refractivity contribution is 6.58. The van der Waals surface area contributed by atoms with E-state index in [2.05, 4.69) is 4.74 Å². The minimum absolute atomic E-state index is 0.316. The Hall–Kier alpha value is -1.42. The molecule has 0 amide bonds. The first-order valence-electron chi connectivity index (χ1n) is 4.77. The number of alkyl halides is 6. The topological polar surface area (TPSA) is 49.7 Å². The molecule has 0 atom stereocenters. The molecule has 0 saturated carbocycles. The van der Waals surface area contributed by atoms with Crippen LogP contribution in [0.5, 0.6) is 5.75 Å². The van der Waals surface area contributed by atoms with Crippen LogP contribution in [-0.4, -0.2) is 29.9 Å². The molecule has 1 aromatic carbocycles. The zero-order valence-electron chi connectivity index (χ0n) is 9.09. The Balaban J connectivity index is 3.10. The molecule has 1 aromatic rings. The van der Waals surface area contributed by atoms with E-state index >= 15 is 0 Å². The first kappa shape index (κ1) is 15.6. The van der Waals surface area contributed by atoms with Crippen LogP contribution in [0.25, 0.3) is 0 Å². The van der Waals surface area contributed by atoms with Gasteiger partial charge in [-0.25, -0.2) is 0 Å². The van der Waals surface area contributed by atoms with E-state index in [0.29, 0.717) is 12.1 Å². The smallest absolute Gasteiger partial charge is 0.483 e. The molecular weight excluding hydrogens is 281 g/mol. The van der Waals surface area contributed by atoms with Gasteiger partial charge in [-0.2, -0.15) is 26.3 Å². The van der Waals surface area contributed by atoms with Crippen molar-refractivity contribution in [2.75, 3.05) is 6.61 Å². The lowest BCUT2D eigenvalue weighted by atomic mass is 9.79. The van der Waals surface area contributed by atoms with Crippen molar-refractivity contribution >= 4 is 12.6 Å². The Labute approximate surface area is 103 Å². The maximum absolute atomic E-state index is 12.6. The van der Waals surface area contributed by atoms with Crippen molar-refractivity contribution in [1.82, 2.24) is 0 Å². The third-order valence-corrected chi connectivity index (χ3v) is 2.00. The fourth-order valence-electron chi connectivity index (χ4n) is 1.22. The SMILES string of the molecule is OB(O)c1ccc(OCC(F)(F)F)c(C(F)(F)F)c1. The quantitative estimate of drug-likeness (QED) is 0.651. The standard InChI is InChI=1S/C9H7BF6O3/c11-8(12,13)4-19-7-2-1-5(10(17)18)3-6(7)9(14,15)16/h1-3,17-18H,4H2. The number of halogens is 6. The van der Waals surface area contributed by atoms with Gasteiger partial charge >= 0.3 is 19.5 Å². The molecule has 10 heteroatoms. The Bertz CT molecular complexity index is 443. The number of rotatable bonds is 3. The van der Waals surface area contributed by atoms with Gasteiger partial charge in [-0.15, -0.1) is 0 Å². The van der Waals surface area contributed by atoms with Crippen LogP contribution in [-0.2, 0) is 6.18 Å². The molecule has 3 nitrogen and oxygen atoms in total. The van der Waals surface area contributed by atoms with E-state index in [9.17, 15) is 26.3 Å². The van der Waals surface area contributed by atoms with Crippen molar-refractivity contribution in [2.45, 2.75) is 12.4 Å². The summed E-state index contributed by atoms with van der Waals surface area (Å²) in [5, 5.41) is 17.5. The summed E-state index contributed by atoms with van der Waals surface area (Å²) < 4.78 is 77.5. The average Bonchev–Trinajstić information content (AvgIpc) is 2.23. The Kier molecular flexibility index (Phi) is 4.36. The number of hydrogen-bond donors (Lipinski definition) is 2. The van der Waals surface area contributed by atoms with Crippen molar-refractivity contribution in [3.05, 3.63) is 23.8 Å². The molecule has 0 fully saturated rings. The zero-order valence-corrected chi connectivity index (χ0v) is 9.09. The normalized spacial score (nSPS) is 12.4. The fourth-order valence-corrected chi connectivity index (χ4v) is 1.22. The van der Waals surface area contributed by atoms with E-state index in [1.165, 1.54) is 0 Å². The third kappa shape index (κ3) is 4.64. The summed E-state index contributed by atoms with van der Waals surface area (Å²) in [5.74, 6) is -1.03. The van der Waals surface area contributed by atoms with Gasteiger partial charge in [0, 0.05) is 0 Å². The molecule has 0 heterocycles. The molecule has 1 rings (SSSR count). The van der Waals surface area contributed by atoms with E-state index in [1.807, 2.05) is 0 Å². The van der Waals surface area contributed by atoms with Crippen LogP contribution in [0.2, 0.25) is 0 Å². The lowest BCUT2D eigenvalue weighted by molar-refractivity contribution is -0.158. The summed E-state index contributed by atoms with van der Waals surface area (Å²) in [4.78, 5) is 0. The van der Waals surface area contributed by atoms with Gasteiger partial charge in [0.2, 0.25) is 0 Å². The zero-order chi connectivity index (χ0) is 14.8. The minimum atomic E-state index is -4.98. The van der Waals surface area contributed by atoms with E-state index in [4.69, 9.17) is 10.0 Å². The molecule has 0 aromatic heterocycles. The van der Waals surface area contributed by atoms with Crippen molar-refractivity contribution in [3.8, 4) is 5.75 Å². The summed E-state index contributed by atoms with van der Waals surface area (Å²) in [6.45, 7) is -1.88. The molecule has 0 aliphatic heterocycles. The van der Waals surface area contributed by atoms with Crippen molar-refractivity contribution < 1.29 is 41.1 Å². The van der Waals surface area contributed by atoms with Crippen LogP contribution in [0.15, 0.2) is 18.2 Å². The molecule has 0 aliphatic rings. The molecule has 0 saturated heterocycles. The lowest BCUT2D eigenvalue weighted by Gasteiger charge is -2.16. The molecule has 0 bridgehead atoms. The van der Waals surface area contributed by atoms with E-state index in [1.54, 1.807) is 0 Å². The predicted molar refractivity (Wildman–Crippen MR) is 52.8 cm³/mol. The van der Waals surface area contributed by atoms with Crippen molar-refractivity contribution in [3.63, 3.8) is 0 Å². The van der Waals surface area contributed by atoms with Crippen molar-refractivity contribution in [2.24, 2.45) is 0 Å². The Morgan fingerprint density at radius 2 is 1.63 bits per heavy atom. The van der Waals surface area contributed by atoms with Crippen molar-refractivity contribution in [1.29, 1.82) is 0 Å². The molecular formula is C9H7BF6O3. The summed E-state index contributed by atoms with van der Waals surface area (Å²) >= 11 is 0. The first-order chi connectivity index (χ1) is 8.50. The van der Waals surface area contributed by atoms with E-state index < -0.39 is 42.9 Å². The van der Waals surface area contributed by atoms with Gasteiger partial charge in [-0.05, 0) is 17.6 Å². The van der Waals surface area contributed by atoms with Crippen LogP contribution >= 0.6 is 0 Å². The molecule has 0 radical (unpaired) electrons. The monoisotopic (exact) mass is 288 g/mol. The molecule has 19 heavy (non-hydrogen) atoms. The van der Waals surface area contributed by atoms with Gasteiger partial charge in [-0.3, -0.25) is 0 Å². The Morgan fingerprint density at radius 3 is 2.05 bits per heavy atom. The van der Waals surface area contributed by atoms with E-state index in [-0.39, 0.29) is 0 Å².